The number of aromatic nitrogens is 2. The molecule has 3 N–H and O–H groups in total. The first-order valence-electron chi connectivity index (χ1n) is 11.2. The van der Waals surface area contributed by atoms with E-state index in [0.717, 1.165) is 6.07 Å². The van der Waals surface area contributed by atoms with Crippen LogP contribution in [-0.2, 0) is 9.59 Å². The van der Waals surface area contributed by atoms with Gasteiger partial charge in [0.2, 0.25) is 17.7 Å². The highest BCUT2D eigenvalue weighted by molar-refractivity contribution is 6.16. The third-order valence-corrected chi connectivity index (χ3v) is 6.02. The zero-order chi connectivity index (χ0) is 26.2. The number of phenolic OH excluding ortho intramolecular Hbond substituents is 1. The molecule has 0 unspecified atom stereocenters. The number of benzene rings is 3. The minimum atomic E-state index is -1.29. The van der Waals surface area contributed by atoms with Gasteiger partial charge in [-0.25, -0.2) is 18.7 Å². The van der Waals surface area contributed by atoms with E-state index in [4.69, 9.17) is 9.47 Å². The third-order valence-electron chi connectivity index (χ3n) is 6.02. The van der Waals surface area contributed by atoms with Crippen LogP contribution in [0.2, 0.25) is 0 Å². The molecule has 1 aliphatic rings. The van der Waals surface area contributed by atoms with Gasteiger partial charge in [-0.05, 0) is 55.3 Å². The number of amides is 2. The molecule has 188 valence electrons. The zero-order valence-electron chi connectivity index (χ0n) is 19.4. The summed E-state index contributed by atoms with van der Waals surface area (Å²) in [6, 6.07) is 11.8. The Balaban J connectivity index is 1.30. The molecule has 0 radical (unpaired) electrons. The van der Waals surface area contributed by atoms with Gasteiger partial charge in [-0.2, -0.15) is 0 Å². The Morgan fingerprint density at radius 2 is 1.59 bits per heavy atom. The smallest absolute Gasteiger partial charge is 0.240 e. The normalized spacial score (nSPS) is 13.6. The molecule has 9 nitrogen and oxygen atoms in total. The number of carbonyl (C=O) groups excluding carboxylic acids is 2. The van der Waals surface area contributed by atoms with Crippen LogP contribution >= 0.6 is 0 Å². The molecule has 1 heterocycles. The largest absolute Gasteiger partial charge is 0.504 e. The van der Waals surface area contributed by atoms with E-state index in [0.29, 0.717) is 29.4 Å². The van der Waals surface area contributed by atoms with E-state index in [1.54, 1.807) is 0 Å². The highest BCUT2D eigenvalue weighted by Gasteiger charge is 2.56. The topological polar surface area (TPSA) is 123 Å². The first kappa shape index (κ1) is 23.9. The molecule has 0 spiro atoms. The molecule has 3 aromatic carbocycles. The van der Waals surface area contributed by atoms with Crippen LogP contribution in [0.15, 0.2) is 60.9 Å². The van der Waals surface area contributed by atoms with E-state index >= 15 is 0 Å². The summed E-state index contributed by atoms with van der Waals surface area (Å²) in [4.78, 5) is 33.7. The van der Waals surface area contributed by atoms with Crippen LogP contribution in [0, 0.1) is 17.0 Å². The van der Waals surface area contributed by atoms with Gasteiger partial charge in [-0.3, -0.25) is 9.59 Å². The van der Waals surface area contributed by atoms with Gasteiger partial charge in [0, 0.05) is 23.5 Å². The fraction of sp³-hybridized carbons (Fsp3) is 0.154. The predicted molar refractivity (Wildman–Crippen MR) is 130 cm³/mol. The van der Waals surface area contributed by atoms with Crippen LogP contribution < -0.4 is 20.1 Å². The Hall–Kier alpha value is -4.80. The number of aromatic hydroxyl groups is 1. The molecule has 1 aliphatic carbocycles. The summed E-state index contributed by atoms with van der Waals surface area (Å²) in [6.07, 6.45) is 1.88. The summed E-state index contributed by atoms with van der Waals surface area (Å²) in [5.41, 5.74) is -0.381. The van der Waals surface area contributed by atoms with Crippen LogP contribution in [0.25, 0.3) is 10.9 Å². The molecule has 37 heavy (non-hydrogen) atoms. The van der Waals surface area contributed by atoms with Crippen molar-refractivity contribution in [3.8, 4) is 23.1 Å². The second-order valence-corrected chi connectivity index (χ2v) is 8.46. The Morgan fingerprint density at radius 3 is 2.24 bits per heavy atom. The molecule has 5 rings (SSSR count). The number of nitrogens with zero attached hydrogens (tertiary/aromatic N) is 2. The SMILES string of the molecule is COc1cc2ncnc(Oc3ccc(NC(=O)C4(C(=O)Nc5ccc(F)cc5)CC4)cc3F)c2cc1O. The molecule has 1 aromatic heterocycles. The average Bonchev–Trinajstić information content (AvgIpc) is 3.69. The molecule has 11 heteroatoms. The fourth-order valence-corrected chi connectivity index (χ4v) is 3.78. The molecule has 0 aliphatic heterocycles. The van der Waals surface area contributed by atoms with Crippen LogP contribution in [0.4, 0.5) is 20.2 Å². The summed E-state index contributed by atoms with van der Waals surface area (Å²) >= 11 is 0. The molecule has 0 saturated heterocycles. The van der Waals surface area contributed by atoms with Crippen molar-refractivity contribution in [2.24, 2.45) is 5.41 Å². The van der Waals surface area contributed by atoms with Gasteiger partial charge in [0.05, 0.1) is 18.0 Å². The van der Waals surface area contributed by atoms with E-state index in [2.05, 4.69) is 20.6 Å². The highest BCUT2D eigenvalue weighted by atomic mass is 19.1. The van der Waals surface area contributed by atoms with Gasteiger partial charge in [0.25, 0.3) is 0 Å². The predicted octanol–water partition coefficient (Wildman–Crippen LogP) is 4.77. The number of carbonyl (C=O) groups is 2. The molecule has 1 saturated carbocycles. The van der Waals surface area contributed by atoms with Crippen molar-refractivity contribution in [1.29, 1.82) is 0 Å². The van der Waals surface area contributed by atoms with Gasteiger partial charge < -0.3 is 25.2 Å². The van der Waals surface area contributed by atoms with E-state index < -0.39 is 28.9 Å². The number of nitrogens with one attached hydrogen (secondary N) is 2. The number of hydrogen-bond donors (Lipinski definition) is 3. The summed E-state index contributed by atoms with van der Waals surface area (Å²) in [5, 5.41) is 15.6. The number of halogens is 2. The number of rotatable bonds is 7. The van der Waals surface area contributed by atoms with Crippen LogP contribution in [0.3, 0.4) is 0 Å². The van der Waals surface area contributed by atoms with Gasteiger partial charge in [0.1, 0.15) is 17.6 Å². The minimum absolute atomic E-state index is 0.00744. The lowest BCUT2D eigenvalue weighted by atomic mass is 10.0. The molecule has 0 atom stereocenters. The summed E-state index contributed by atoms with van der Waals surface area (Å²) in [7, 11) is 1.40. The van der Waals surface area contributed by atoms with Crippen LogP contribution in [0.1, 0.15) is 12.8 Å². The lowest BCUT2D eigenvalue weighted by molar-refractivity contribution is -0.131. The van der Waals surface area contributed by atoms with Crippen molar-refractivity contribution >= 4 is 34.1 Å². The number of phenols is 1. The lowest BCUT2D eigenvalue weighted by Gasteiger charge is -2.16. The summed E-state index contributed by atoms with van der Waals surface area (Å²) in [6.45, 7) is 0. The van der Waals surface area contributed by atoms with E-state index in [1.165, 1.54) is 62.0 Å². The van der Waals surface area contributed by atoms with Gasteiger partial charge in [-0.1, -0.05) is 0 Å². The van der Waals surface area contributed by atoms with E-state index in [1.807, 2.05) is 0 Å². The third kappa shape index (κ3) is 4.70. The average molecular weight is 506 g/mol. The Morgan fingerprint density at radius 1 is 0.919 bits per heavy atom. The van der Waals surface area contributed by atoms with Crippen LogP contribution in [-0.4, -0.2) is 34.0 Å². The molecular weight excluding hydrogens is 486 g/mol. The monoisotopic (exact) mass is 506 g/mol. The second-order valence-electron chi connectivity index (χ2n) is 8.46. The van der Waals surface area contributed by atoms with Gasteiger partial charge in [-0.15, -0.1) is 0 Å². The van der Waals surface area contributed by atoms with Crippen molar-refractivity contribution in [3.63, 3.8) is 0 Å². The maximum atomic E-state index is 14.9. The van der Waals surface area contributed by atoms with E-state index in [9.17, 15) is 23.5 Å². The molecule has 4 aromatic rings. The van der Waals surface area contributed by atoms with Gasteiger partial charge in [0.15, 0.2) is 23.1 Å². The number of ether oxygens (including phenoxy) is 2. The van der Waals surface area contributed by atoms with E-state index in [-0.39, 0.29) is 28.8 Å². The number of fused-ring (bicyclic) bond motifs is 1. The van der Waals surface area contributed by atoms with Crippen molar-refractivity contribution in [2.45, 2.75) is 12.8 Å². The van der Waals surface area contributed by atoms with Crippen molar-refractivity contribution in [1.82, 2.24) is 9.97 Å². The summed E-state index contributed by atoms with van der Waals surface area (Å²) < 4.78 is 38.7. The first-order valence-corrected chi connectivity index (χ1v) is 11.2. The highest BCUT2D eigenvalue weighted by Crippen LogP contribution is 2.47. The maximum absolute atomic E-state index is 14.9. The standard InChI is InChI=1S/C26H20F2N4O5/c1-36-22-12-19-17(11-20(22)33)23(30-13-29-19)37-21-7-6-16(10-18(21)28)32-25(35)26(8-9-26)24(34)31-15-4-2-14(27)3-5-15/h2-7,10-13,33H,8-9H2,1H3,(H,31,34)(H,32,35). The molecule has 1 fully saturated rings. The molecular formula is C26H20F2N4O5. The molecule has 0 bridgehead atoms. The molecule has 2 amide bonds. The quantitative estimate of drug-likeness (QED) is 0.309. The van der Waals surface area contributed by atoms with Crippen molar-refractivity contribution in [2.75, 3.05) is 17.7 Å². The van der Waals surface area contributed by atoms with Gasteiger partial charge >= 0.3 is 0 Å². The first-order chi connectivity index (χ1) is 17.8. The Labute approximate surface area is 209 Å². The Kier molecular flexibility index (Phi) is 6.04. The number of methoxy groups -OCH3 is 1. The zero-order valence-corrected chi connectivity index (χ0v) is 19.4. The number of anilines is 2. The Bertz CT molecular complexity index is 1520. The fourth-order valence-electron chi connectivity index (χ4n) is 3.78. The minimum Gasteiger partial charge on any atom is -0.504 e. The lowest BCUT2D eigenvalue weighted by Crippen LogP contribution is -2.35. The van der Waals surface area contributed by atoms with Crippen molar-refractivity contribution < 1.29 is 33.0 Å². The van der Waals surface area contributed by atoms with Crippen molar-refractivity contribution in [3.05, 3.63) is 72.6 Å². The van der Waals surface area contributed by atoms with Crippen LogP contribution in [0.5, 0.6) is 23.1 Å². The maximum Gasteiger partial charge on any atom is 0.240 e. The second kappa shape index (κ2) is 9.34. The number of hydrogen-bond acceptors (Lipinski definition) is 7. The summed E-state index contributed by atoms with van der Waals surface area (Å²) in [5.74, 6) is -2.45.